The van der Waals surface area contributed by atoms with Crippen molar-refractivity contribution in [3.63, 3.8) is 0 Å². The zero-order chi connectivity index (χ0) is 14.9. The first kappa shape index (κ1) is 14.8. The van der Waals surface area contributed by atoms with Gasteiger partial charge in [-0.15, -0.1) is 0 Å². The number of hydrogen-bond donors (Lipinski definition) is 1. The molecule has 1 unspecified atom stereocenters. The van der Waals surface area contributed by atoms with Crippen molar-refractivity contribution >= 4 is 23.3 Å². The molecule has 2 rings (SSSR count). The molecule has 0 fully saturated rings. The second kappa shape index (κ2) is 5.40. The molecule has 0 spiro atoms. The number of aliphatic imine (C=N–C) groups is 1. The highest BCUT2D eigenvalue weighted by atomic mass is 32.2. The topological polar surface area (TPSA) is 81.5 Å². The maximum atomic E-state index is 14.1. The van der Waals surface area contributed by atoms with Crippen LogP contribution in [0.2, 0.25) is 0 Å². The first-order chi connectivity index (χ1) is 9.33. The smallest absolute Gasteiger partial charge is 0.270 e. The molecule has 7 heteroatoms. The summed E-state index contributed by atoms with van der Waals surface area (Å²) in [6.07, 6.45) is 0.584. The normalized spacial score (nSPS) is 26.8. The second-order valence-corrected chi connectivity index (χ2v) is 6.44. The molecule has 108 valence electrons. The van der Waals surface area contributed by atoms with Gasteiger partial charge >= 0.3 is 0 Å². The maximum absolute atomic E-state index is 14.1. The van der Waals surface area contributed by atoms with Crippen molar-refractivity contribution in [1.82, 2.24) is 0 Å². The third-order valence-corrected chi connectivity index (χ3v) is 4.67. The number of nitrogens with zero attached hydrogens (tertiary/aromatic N) is 2. The highest BCUT2D eigenvalue weighted by Crippen LogP contribution is 2.37. The zero-order valence-electron chi connectivity index (χ0n) is 11.3. The van der Waals surface area contributed by atoms with Gasteiger partial charge in [0.05, 0.1) is 15.7 Å². The van der Waals surface area contributed by atoms with E-state index in [4.69, 9.17) is 5.73 Å². The van der Waals surface area contributed by atoms with Crippen LogP contribution >= 0.6 is 11.8 Å². The van der Waals surface area contributed by atoms with E-state index in [1.807, 2.05) is 6.92 Å². The van der Waals surface area contributed by atoms with Gasteiger partial charge < -0.3 is 5.73 Å². The number of non-ortho nitro benzene ring substituents is 1. The largest absolute Gasteiger partial charge is 0.387 e. The van der Waals surface area contributed by atoms with Crippen molar-refractivity contribution in [2.75, 3.05) is 5.75 Å². The molecule has 1 aliphatic rings. The minimum absolute atomic E-state index is 0.0681. The fourth-order valence-corrected chi connectivity index (χ4v) is 3.28. The van der Waals surface area contributed by atoms with Crippen molar-refractivity contribution < 1.29 is 9.31 Å². The average Bonchev–Trinajstić information content (AvgIpc) is 2.50. The summed E-state index contributed by atoms with van der Waals surface area (Å²) in [5, 5.41) is 10.9. The van der Waals surface area contributed by atoms with Gasteiger partial charge in [0.15, 0.2) is 0 Å². The summed E-state index contributed by atoms with van der Waals surface area (Å²) in [6.45, 7) is 3.71. The molecule has 0 saturated heterocycles. The number of halogens is 1. The van der Waals surface area contributed by atoms with Crippen molar-refractivity contribution in [3.8, 4) is 0 Å². The van der Waals surface area contributed by atoms with Gasteiger partial charge in [-0.05, 0) is 32.1 Å². The fourth-order valence-electron chi connectivity index (χ4n) is 2.19. The third-order valence-electron chi connectivity index (χ3n) is 3.49. The van der Waals surface area contributed by atoms with Gasteiger partial charge in [-0.25, -0.2) is 4.39 Å². The average molecular weight is 297 g/mol. The van der Waals surface area contributed by atoms with Gasteiger partial charge in [-0.2, -0.15) is 11.8 Å². The lowest BCUT2D eigenvalue weighted by atomic mass is 9.89. The second-order valence-electron chi connectivity index (χ2n) is 4.99. The highest BCUT2D eigenvalue weighted by Gasteiger charge is 2.33. The first-order valence-electron chi connectivity index (χ1n) is 6.25. The molecule has 0 bridgehead atoms. The van der Waals surface area contributed by atoms with Crippen LogP contribution in [0, 0.1) is 15.9 Å². The van der Waals surface area contributed by atoms with Gasteiger partial charge in [0, 0.05) is 17.7 Å². The molecule has 20 heavy (non-hydrogen) atoms. The summed E-state index contributed by atoms with van der Waals surface area (Å²) in [6, 6.07) is 3.53. The summed E-state index contributed by atoms with van der Waals surface area (Å²) in [5.74, 6) is 0.722. The van der Waals surface area contributed by atoms with Crippen molar-refractivity contribution in [2.24, 2.45) is 10.7 Å². The van der Waals surface area contributed by atoms with Crippen LogP contribution in [0.4, 0.5) is 10.1 Å². The summed E-state index contributed by atoms with van der Waals surface area (Å²) in [4.78, 5) is 14.8. The maximum Gasteiger partial charge on any atom is 0.270 e. The summed E-state index contributed by atoms with van der Waals surface area (Å²) >= 11 is 1.65. The lowest BCUT2D eigenvalue weighted by Gasteiger charge is -2.25. The van der Waals surface area contributed by atoms with Gasteiger partial charge in [0.25, 0.3) is 5.69 Å². The monoisotopic (exact) mass is 297 g/mol. The number of hydrogen-bond acceptors (Lipinski definition) is 5. The third kappa shape index (κ3) is 2.77. The predicted octanol–water partition coefficient (Wildman–Crippen LogP) is 2.83. The number of thioether (sulfide) groups is 1. The Kier molecular flexibility index (Phi) is 3.99. The van der Waals surface area contributed by atoms with Crippen molar-refractivity contribution in [1.29, 1.82) is 0 Å². The molecule has 0 aliphatic carbocycles. The molecule has 0 amide bonds. The Bertz CT molecular complexity index is 579. The van der Waals surface area contributed by atoms with Gasteiger partial charge in [-0.1, -0.05) is 0 Å². The Morgan fingerprint density at radius 3 is 2.95 bits per heavy atom. The van der Waals surface area contributed by atoms with E-state index in [1.54, 1.807) is 18.7 Å². The van der Waals surface area contributed by atoms with Crippen LogP contribution in [-0.2, 0) is 5.54 Å². The highest BCUT2D eigenvalue weighted by molar-refractivity contribution is 8.00. The Balaban J connectivity index is 2.53. The fraction of sp³-hybridized carbons (Fsp3) is 0.462. The molecule has 0 aromatic heterocycles. The van der Waals surface area contributed by atoms with E-state index in [0.717, 1.165) is 17.9 Å². The number of nitro groups is 1. The molecule has 1 aromatic carbocycles. The van der Waals surface area contributed by atoms with Crippen LogP contribution in [0.25, 0.3) is 0 Å². The predicted molar refractivity (Wildman–Crippen MR) is 78.6 cm³/mol. The molecule has 5 nitrogen and oxygen atoms in total. The standard InChI is InChI=1S/C13H16FN3O2S/c1-8-12(15)16-13(2,5-6-20-8)10-7-9(17(18)19)3-4-11(10)14/h3-4,7-8H,5-6H2,1-2H3,(H2,15,16)/t8-,13?/m0/s1. The van der Waals surface area contributed by atoms with Crippen LogP contribution in [0.1, 0.15) is 25.8 Å². The van der Waals surface area contributed by atoms with Crippen molar-refractivity contribution in [2.45, 2.75) is 31.1 Å². The van der Waals surface area contributed by atoms with E-state index in [-0.39, 0.29) is 16.5 Å². The Labute approximate surface area is 120 Å². The minimum atomic E-state index is -0.863. The minimum Gasteiger partial charge on any atom is -0.387 e. The molecule has 1 aliphatic heterocycles. The van der Waals surface area contributed by atoms with Crippen LogP contribution < -0.4 is 5.73 Å². The van der Waals surface area contributed by atoms with E-state index < -0.39 is 16.3 Å². The SMILES string of the molecule is C[C@@H]1SCCC(C)(c2cc([N+](=O)[O-])ccc2F)N=C1N. The van der Waals surface area contributed by atoms with Gasteiger partial charge in [0.1, 0.15) is 11.7 Å². The number of benzene rings is 1. The Morgan fingerprint density at radius 2 is 2.30 bits per heavy atom. The molecule has 0 radical (unpaired) electrons. The molecule has 2 N–H and O–H groups in total. The van der Waals surface area contributed by atoms with E-state index in [0.29, 0.717) is 12.3 Å². The molecule has 0 saturated carbocycles. The zero-order valence-corrected chi connectivity index (χ0v) is 12.1. The molecule has 2 atom stereocenters. The lowest BCUT2D eigenvalue weighted by molar-refractivity contribution is -0.385. The summed E-state index contributed by atoms with van der Waals surface area (Å²) < 4.78 is 14.1. The molecular weight excluding hydrogens is 281 g/mol. The molecule has 1 heterocycles. The van der Waals surface area contributed by atoms with Crippen LogP contribution in [-0.4, -0.2) is 21.8 Å². The summed E-state index contributed by atoms with van der Waals surface area (Å²) in [5.41, 5.74) is 5.14. The summed E-state index contributed by atoms with van der Waals surface area (Å²) in [7, 11) is 0. The van der Waals surface area contributed by atoms with Crippen LogP contribution in [0.3, 0.4) is 0 Å². The Hall–Kier alpha value is -1.63. The van der Waals surface area contributed by atoms with E-state index in [9.17, 15) is 14.5 Å². The van der Waals surface area contributed by atoms with Crippen LogP contribution in [0.5, 0.6) is 0 Å². The van der Waals surface area contributed by atoms with Gasteiger partial charge in [0.2, 0.25) is 0 Å². The Morgan fingerprint density at radius 1 is 1.60 bits per heavy atom. The van der Waals surface area contributed by atoms with Crippen LogP contribution in [0.15, 0.2) is 23.2 Å². The number of rotatable bonds is 2. The van der Waals surface area contributed by atoms with E-state index in [2.05, 4.69) is 4.99 Å². The van der Waals surface area contributed by atoms with E-state index >= 15 is 0 Å². The first-order valence-corrected chi connectivity index (χ1v) is 7.29. The quantitative estimate of drug-likeness (QED) is 0.672. The number of nitrogens with two attached hydrogens (primary N) is 1. The molecular formula is C13H16FN3O2S. The number of amidine groups is 1. The lowest BCUT2D eigenvalue weighted by Crippen LogP contribution is -2.28. The van der Waals surface area contributed by atoms with Gasteiger partial charge in [-0.3, -0.25) is 15.1 Å². The number of nitro benzene ring substituents is 1. The molecule has 1 aromatic rings. The van der Waals surface area contributed by atoms with Crippen molar-refractivity contribution in [3.05, 3.63) is 39.7 Å². The van der Waals surface area contributed by atoms with E-state index in [1.165, 1.54) is 6.07 Å².